The van der Waals surface area contributed by atoms with Crippen LogP contribution in [0.2, 0.25) is 0 Å². The first-order chi connectivity index (χ1) is 13.3. The van der Waals surface area contributed by atoms with Gasteiger partial charge in [0.1, 0.15) is 11.0 Å². The predicted octanol–water partition coefficient (Wildman–Crippen LogP) is 1.62. The number of carbonyl (C=O) groups excluding carboxylic acids is 2. The minimum atomic E-state index is -1.32. The third-order valence-electron chi connectivity index (χ3n) is 5.04. The van der Waals surface area contributed by atoms with Crippen molar-refractivity contribution in [2.24, 2.45) is 0 Å². The van der Waals surface area contributed by atoms with Crippen LogP contribution in [0.25, 0.3) is 0 Å². The molecule has 3 amide bonds. The number of aromatic carboxylic acids is 1. The molecule has 0 spiro atoms. The van der Waals surface area contributed by atoms with Crippen LogP contribution in [0.5, 0.6) is 0 Å². The molecule has 28 heavy (non-hydrogen) atoms. The van der Waals surface area contributed by atoms with Gasteiger partial charge in [0.25, 0.3) is 11.8 Å². The van der Waals surface area contributed by atoms with Crippen molar-refractivity contribution in [2.75, 3.05) is 5.73 Å². The zero-order chi connectivity index (χ0) is 20.2. The second kappa shape index (κ2) is 6.34. The van der Waals surface area contributed by atoms with E-state index in [1.54, 1.807) is 24.3 Å². The molecule has 0 saturated carbocycles. The predicted molar refractivity (Wildman–Crippen MR) is 98.1 cm³/mol. The van der Waals surface area contributed by atoms with Crippen molar-refractivity contribution in [3.63, 3.8) is 0 Å². The number of anilines is 1. The Morgan fingerprint density at radius 1 is 1.14 bits per heavy atom. The van der Waals surface area contributed by atoms with E-state index >= 15 is 0 Å². The van der Waals surface area contributed by atoms with E-state index in [2.05, 4.69) is 0 Å². The van der Waals surface area contributed by atoms with Crippen molar-refractivity contribution < 1.29 is 29.4 Å². The largest absolute Gasteiger partial charge is 0.478 e. The Hall–Kier alpha value is -3.40. The fourth-order valence-corrected chi connectivity index (χ4v) is 4.80. The Morgan fingerprint density at radius 2 is 1.86 bits per heavy atom. The van der Waals surface area contributed by atoms with E-state index in [-0.39, 0.29) is 30.1 Å². The third-order valence-corrected chi connectivity index (χ3v) is 6.08. The summed E-state index contributed by atoms with van der Waals surface area (Å²) < 4.78 is 0. The van der Waals surface area contributed by atoms with E-state index in [4.69, 9.17) is 5.73 Å². The van der Waals surface area contributed by atoms with Gasteiger partial charge in [-0.05, 0) is 17.2 Å². The molecule has 0 fully saturated rings. The first-order valence-corrected chi connectivity index (χ1v) is 9.17. The van der Waals surface area contributed by atoms with Gasteiger partial charge >= 0.3 is 12.1 Å². The highest BCUT2D eigenvalue weighted by atomic mass is 32.1. The summed E-state index contributed by atoms with van der Waals surface area (Å²) in [6, 6.07) is 5.59. The average Bonchev–Trinajstić information content (AvgIpc) is 3.16. The number of hydrogen-bond acceptors (Lipinski definition) is 6. The molecule has 10 heteroatoms. The molecular weight excluding hydrogens is 386 g/mol. The van der Waals surface area contributed by atoms with Crippen LogP contribution < -0.4 is 5.73 Å². The van der Waals surface area contributed by atoms with Crippen molar-refractivity contribution in [2.45, 2.75) is 25.6 Å². The van der Waals surface area contributed by atoms with Crippen molar-refractivity contribution >= 4 is 40.2 Å². The normalized spacial score (nSPS) is 18.0. The van der Waals surface area contributed by atoms with Crippen LogP contribution in [0.1, 0.15) is 36.7 Å². The summed E-state index contributed by atoms with van der Waals surface area (Å²) in [7, 11) is 0. The number of nitrogens with two attached hydrogens (primary N) is 1. The monoisotopic (exact) mass is 401 g/mol. The molecule has 0 bridgehead atoms. The molecule has 1 aromatic heterocycles. The number of hydrogen-bond donors (Lipinski definition) is 3. The molecule has 9 nitrogen and oxygen atoms in total. The maximum absolute atomic E-state index is 13.1. The minimum Gasteiger partial charge on any atom is -0.478 e. The molecule has 0 aliphatic carbocycles. The second-order valence-electron chi connectivity index (χ2n) is 6.57. The third kappa shape index (κ3) is 2.61. The lowest BCUT2D eigenvalue weighted by atomic mass is 9.95. The standard InChI is InChI=1S/C18H15N3O6S/c19-14-13(17(24)25)10-5-11(20(18(26)27)7-12(10)28-14)16(23)21-6-8-3-1-2-4-9(8)15(21)22/h1-4,11H,5-7,19H2,(H,24,25)(H,26,27). The fraction of sp³-hybridized carbons (Fsp3) is 0.222. The fourth-order valence-electron chi connectivity index (χ4n) is 3.71. The molecule has 144 valence electrons. The Bertz CT molecular complexity index is 1050. The van der Waals surface area contributed by atoms with E-state index in [0.717, 1.165) is 21.1 Å². The lowest BCUT2D eigenvalue weighted by Crippen LogP contribution is -2.53. The second-order valence-corrected chi connectivity index (χ2v) is 7.70. The van der Waals surface area contributed by atoms with Crippen LogP contribution in [0, 0.1) is 0 Å². The van der Waals surface area contributed by atoms with Crippen LogP contribution >= 0.6 is 11.3 Å². The summed E-state index contributed by atoms with van der Waals surface area (Å²) in [4.78, 5) is 51.5. The highest BCUT2D eigenvalue weighted by Gasteiger charge is 2.43. The van der Waals surface area contributed by atoms with E-state index < -0.39 is 29.9 Å². The maximum Gasteiger partial charge on any atom is 0.408 e. The Balaban J connectivity index is 1.70. The average molecular weight is 401 g/mol. The van der Waals surface area contributed by atoms with Crippen LogP contribution in [-0.4, -0.2) is 49.9 Å². The first kappa shape index (κ1) is 18.0. The summed E-state index contributed by atoms with van der Waals surface area (Å²) >= 11 is 1.00. The molecule has 3 heterocycles. The number of fused-ring (bicyclic) bond motifs is 2. The Labute approximate surface area is 162 Å². The van der Waals surface area contributed by atoms with Gasteiger partial charge in [-0.15, -0.1) is 11.3 Å². The number of nitrogen functional groups attached to an aromatic ring is 1. The van der Waals surface area contributed by atoms with E-state index in [1.807, 2.05) is 0 Å². The molecular formula is C18H15N3O6S. The molecule has 2 aliphatic heterocycles. The van der Waals surface area contributed by atoms with Gasteiger partial charge in [-0.25, -0.2) is 9.59 Å². The zero-order valence-corrected chi connectivity index (χ0v) is 15.2. The van der Waals surface area contributed by atoms with Gasteiger partial charge in [-0.1, -0.05) is 18.2 Å². The van der Waals surface area contributed by atoms with E-state index in [9.17, 15) is 29.4 Å². The number of carboxylic acids is 1. The summed E-state index contributed by atoms with van der Waals surface area (Å²) in [5.41, 5.74) is 7.14. The van der Waals surface area contributed by atoms with Crippen LogP contribution in [0.4, 0.5) is 9.80 Å². The number of imide groups is 1. The molecule has 0 radical (unpaired) electrons. The molecule has 2 aromatic rings. The number of thiophene rings is 1. The van der Waals surface area contributed by atoms with Crippen molar-refractivity contribution in [1.29, 1.82) is 0 Å². The molecule has 2 aliphatic rings. The van der Waals surface area contributed by atoms with E-state index in [1.165, 1.54) is 0 Å². The summed E-state index contributed by atoms with van der Waals surface area (Å²) in [5, 5.41) is 19.1. The van der Waals surface area contributed by atoms with Crippen molar-refractivity contribution in [3.8, 4) is 0 Å². The molecule has 1 aromatic carbocycles. The van der Waals surface area contributed by atoms with Crippen LogP contribution in [-0.2, 0) is 24.3 Å². The van der Waals surface area contributed by atoms with Gasteiger partial charge in [-0.3, -0.25) is 19.4 Å². The van der Waals surface area contributed by atoms with Gasteiger partial charge in [0.05, 0.1) is 18.7 Å². The van der Waals surface area contributed by atoms with Crippen LogP contribution in [0.15, 0.2) is 24.3 Å². The number of nitrogens with zero attached hydrogens (tertiary/aromatic N) is 2. The zero-order valence-electron chi connectivity index (χ0n) is 14.4. The number of benzene rings is 1. The van der Waals surface area contributed by atoms with Gasteiger partial charge in [-0.2, -0.15) is 0 Å². The first-order valence-electron chi connectivity index (χ1n) is 8.36. The molecule has 1 unspecified atom stereocenters. The highest BCUT2D eigenvalue weighted by Crippen LogP contribution is 2.38. The van der Waals surface area contributed by atoms with Crippen LogP contribution in [0.3, 0.4) is 0 Å². The van der Waals surface area contributed by atoms with Gasteiger partial charge in [0.2, 0.25) is 0 Å². The summed E-state index contributed by atoms with van der Waals surface area (Å²) in [6.07, 6.45) is -1.47. The minimum absolute atomic E-state index is 0.0578. The summed E-state index contributed by atoms with van der Waals surface area (Å²) in [6.45, 7) is -0.0968. The number of carbonyl (C=O) groups is 4. The maximum atomic E-state index is 13.1. The van der Waals surface area contributed by atoms with Gasteiger partial charge in [0.15, 0.2) is 0 Å². The molecule has 4 N–H and O–H groups in total. The highest BCUT2D eigenvalue weighted by molar-refractivity contribution is 7.16. The van der Waals surface area contributed by atoms with Gasteiger partial charge in [0, 0.05) is 16.9 Å². The molecule has 0 saturated heterocycles. The van der Waals surface area contributed by atoms with Crippen molar-refractivity contribution in [1.82, 2.24) is 9.80 Å². The van der Waals surface area contributed by atoms with Gasteiger partial charge < -0.3 is 15.9 Å². The number of carboxylic acid groups (broad SMARTS) is 2. The lowest BCUT2D eigenvalue weighted by Gasteiger charge is -2.34. The SMILES string of the molecule is Nc1sc2c(c1C(=O)O)CC(C(=O)N1Cc3ccccc3C1=O)N(C(=O)O)C2. The van der Waals surface area contributed by atoms with E-state index in [0.29, 0.717) is 21.6 Å². The topological polar surface area (TPSA) is 141 Å². The number of rotatable bonds is 2. The Morgan fingerprint density at radius 3 is 2.50 bits per heavy atom. The smallest absolute Gasteiger partial charge is 0.408 e. The molecule has 1 atom stereocenters. The molecule has 4 rings (SSSR count). The lowest BCUT2D eigenvalue weighted by molar-refractivity contribution is -0.134. The van der Waals surface area contributed by atoms with Crippen molar-refractivity contribution in [3.05, 3.63) is 51.4 Å². The summed E-state index contributed by atoms with van der Waals surface area (Å²) in [5.74, 6) is -2.38. The number of amides is 3. The quantitative estimate of drug-likeness (QED) is 0.649. The Kier molecular flexibility index (Phi) is 4.07.